The molecule has 0 saturated carbocycles. The number of piperidine rings is 1. The van der Waals surface area contributed by atoms with Gasteiger partial charge in [-0.15, -0.1) is 0 Å². The average Bonchev–Trinajstić information content (AvgIpc) is 2.72. The average molecular weight is 380 g/mol. The van der Waals surface area contributed by atoms with Gasteiger partial charge in [-0.2, -0.15) is 0 Å². The number of carbonyl (C=O) groups excluding carboxylic acids is 2. The first kappa shape index (κ1) is 19.9. The molecule has 148 valence electrons. The van der Waals surface area contributed by atoms with Crippen LogP contribution >= 0.6 is 0 Å². The van der Waals surface area contributed by atoms with Gasteiger partial charge in [-0.3, -0.25) is 4.79 Å². The van der Waals surface area contributed by atoms with Crippen molar-refractivity contribution in [2.24, 2.45) is 5.92 Å². The molecule has 0 spiro atoms. The van der Waals surface area contributed by atoms with E-state index < -0.39 is 0 Å². The standard InChI is InChI=1S/C23H29N3O2/c1-3-24-23(28)26-16-20(22(27)25-15-18-9-5-4-6-10-18)12-13-21(26)19-11-7-8-17(2)14-19/h4-11,14,20-21H,3,12-13,15-16H2,1-2H3,(H,24,28)(H,25,27). The first-order chi connectivity index (χ1) is 13.6. The second-order valence-corrected chi connectivity index (χ2v) is 7.40. The van der Waals surface area contributed by atoms with E-state index in [9.17, 15) is 9.59 Å². The van der Waals surface area contributed by atoms with Gasteiger partial charge in [-0.05, 0) is 37.8 Å². The molecule has 1 fully saturated rings. The number of nitrogens with one attached hydrogen (secondary N) is 2. The quantitative estimate of drug-likeness (QED) is 0.830. The van der Waals surface area contributed by atoms with Crippen molar-refractivity contribution in [3.8, 4) is 0 Å². The molecule has 1 aliphatic heterocycles. The summed E-state index contributed by atoms with van der Waals surface area (Å²) in [7, 11) is 0. The van der Waals surface area contributed by atoms with Crippen molar-refractivity contribution in [1.29, 1.82) is 0 Å². The van der Waals surface area contributed by atoms with Crippen molar-refractivity contribution in [1.82, 2.24) is 15.5 Å². The van der Waals surface area contributed by atoms with Crippen molar-refractivity contribution in [3.63, 3.8) is 0 Å². The van der Waals surface area contributed by atoms with Gasteiger partial charge in [-0.1, -0.05) is 60.2 Å². The van der Waals surface area contributed by atoms with Gasteiger partial charge >= 0.3 is 6.03 Å². The summed E-state index contributed by atoms with van der Waals surface area (Å²) in [5.41, 5.74) is 3.38. The molecule has 1 heterocycles. The molecule has 0 radical (unpaired) electrons. The highest BCUT2D eigenvalue weighted by molar-refractivity contribution is 5.81. The predicted molar refractivity (Wildman–Crippen MR) is 111 cm³/mol. The Morgan fingerprint density at radius 2 is 1.82 bits per heavy atom. The van der Waals surface area contributed by atoms with Crippen molar-refractivity contribution in [2.45, 2.75) is 39.3 Å². The summed E-state index contributed by atoms with van der Waals surface area (Å²) < 4.78 is 0. The summed E-state index contributed by atoms with van der Waals surface area (Å²) in [5, 5.41) is 5.93. The number of likely N-dealkylation sites (tertiary alicyclic amines) is 1. The highest BCUT2D eigenvalue weighted by Gasteiger charge is 2.35. The summed E-state index contributed by atoms with van der Waals surface area (Å²) >= 11 is 0. The zero-order valence-electron chi connectivity index (χ0n) is 16.7. The number of benzene rings is 2. The molecule has 1 saturated heterocycles. The minimum absolute atomic E-state index is 0.00428. The molecule has 5 nitrogen and oxygen atoms in total. The second-order valence-electron chi connectivity index (χ2n) is 7.40. The Kier molecular flexibility index (Phi) is 6.69. The second kappa shape index (κ2) is 9.40. The van der Waals surface area contributed by atoms with Gasteiger partial charge in [0.2, 0.25) is 5.91 Å². The number of carbonyl (C=O) groups is 2. The van der Waals surface area contributed by atoms with Gasteiger partial charge in [0, 0.05) is 19.6 Å². The lowest BCUT2D eigenvalue weighted by atomic mass is 9.88. The molecule has 2 aromatic carbocycles. The van der Waals surface area contributed by atoms with E-state index >= 15 is 0 Å². The molecule has 28 heavy (non-hydrogen) atoms. The Bertz CT molecular complexity index is 807. The summed E-state index contributed by atoms with van der Waals surface area (Å²) in [5.74, 6) is -0.173. The van der Waals surface area contributed by atoms with Crippen LogP contribution < -0.4 is 10.6 Å². The van der Waals surface area contributed by atoms with E-state index in [0.717, 1.165) is 24.0 Å². The fourth-order valence-electron chi connectivity index (χ4n) is 3.82. The van der Waals surface area contributed by atoms with Crippen LogP contribution in [0.1, 0.15) is 42.5 Å². The third-order valence-corrected chi connectivity index (χ3v) is 5.28. The van der Waals surface area contributed by atoms with E-state index in [1.54, 1.807) is 0 Å². The molecule has 2 N–H and O–H groups in total. The minimum atomic E-state index is -0.188. The number of nitrogens with zero attached hydrogens (tertiary/aromatic N) is 1. The van der Waals surface area contributed by atoms with E-state index in [1.165, 1.54) is 5.56 Å². The number of hydrogen-bond acceptors (Lipinski definition) is 2. The topological polar surface area (TPSA) is 61.4 Å². The number of hydrogen-bond donors (Lipinski definition) is 2. The maximum absolute atomic E-state index is 12.7. The van der Waals surface area contributed by atoms with Gasteiger partial charge in [0.1, 0.15) is 0 Å². The van der Waals surface area contributed by atoms with Gasteiger partial charge in [0.15, 0.2) is 0 Å². The predicted octanol–water partition coefficient (Wildman–Crippen LogP) is 3.79. The van der Waals surface area contributed by atoms with Crippen LogP contribution in [0.3, 0.4) is 0 Å². The summed E-state index contributed by atoms with van der Waals surface area (Å²) in [6, 6.07) is 18.1. The maximum Gasteiger partial charge on any atom is 0.317 e. The molecule has 3 rings (SSSR count). The lowest BCUT2D eigenvalue weighted by Gasteiger charge is -2.39. The van der Waals surface area contributed by atoms with Gasteiger partial charge in [0.05, 0.1) is 12.0 Å². The number of rotatable bonds is 5. The highest BCUT2D eigenvalue weighted by atomic mass is 16.2. The monoisotopic (exact) mass is 379 g/mol. The SMILES string of the molecule is CCNC(=O)N1CC(C(=O)NCc2ccccc2)CCC1c1cccc(C)c1. The molecule has 2 unspecified atom stereocenters. The summed E-state index contributed by atoms with van der Waals surface area (Å²) in [6.45, 7) is 5.49. The molecular formula is C23H29N3O2. The lowest BCUT2D eigenvalue weighted by molar-refractivity contribution is -0.126. The first-order valence-corrected chi connectivity index (χ1v) is 10.0. The zero-order valence-corrected chi connectivity index (χ0v) is 16.7. The fraction of sp³-hybridized carbons (Fsp3) is 0.391. The molecular weight excluding hydrogens is 350 g/mol. The Balaban J connectivity index is 1.69. The molecule has 5 heteroatoms. The van der Waals surface area contributed by atoms with E-state index in [4.69, 9.17) is 0 Å². The third kappa shape index (κ3) is 4.91. The molecule has 3 amide bonds. The molecule has 1 aliphatic rings. The van der Waals surface area contributed by atoms with Crippen LogP contribution in [0.25, 0.3) is 0 Å². The third-order valence-electron chi connectivity index (χ3n) is 5.28. The van der Waals surface area contributed by atoms with Crippen molar-refractivity contribution in [3.05, 3.63) is 71.3 Å². The van der Waals surface area contributed by atoms with Gasteiger partial charge in [-0.25, -0.2) is 4.79 Å². The first-order valence-electron chi connectivity index (χ1n) is 10.0. The van der Waals surface area contributed by atoms with Crippen LogP contribution in [0.15, 0.2) is 54.6 Å². The van der Waals surface area contributed by atoms with Gasteiger partial charge < -0.3 is 15.5 Å². The van der Waals surface area contributed by atoms with Crippen LogP contribution in [0.2, 0.25) is 0 Å². The van der Waals surface area contributed by atoms with Crippen LogP contribution in [0, 0.1) is 12.8 Å². The minimum Gasteiger partial charge on any atom is -0.352 e. The summed E-state index contributed by atoms with van der Waals surface area (Å²) in [6.07, 6.45) is 1.55. The Hall–Kier alpha value is -2.82. The number of amides is 3. The zero-order chi connectivity index (χ0) is 19.9. The van der Waals surface area contributed by atoms with E-state index in [1.807, 2.05) is 48.2 Å². The Morgan fingerprint density at radius 3 is 2.54 bits per heavy atom. The molecule has 0 aliphatic carbocycles. The van der Waals surface area contributed by atoms with Crippen molar-refractivity contribution in [2.75, 3.05) is 13.1 Å². The smallest absolute Gasteiger partial charge is 0.317 e. The Labute approximate surface area is 167 Å². The summed E-state index contributed by atoms with van der Waals surface area (Å²) in [4.78, 5) is 27.3. The number of urea groups is 1. The van der Waals surface area contributed by atoms with Crippen LogP contribution in [0.4, 0.5) is 4.79 Å². The van der Waals surface area contributed by atoms with Crippen molar-refractivity contribution >= 4 is 11.9 Å². The van der Waals surface area contributed by atoms with E-state index in [2.05, 4.69) is 35.8 Å². The highest BCUT2D eigenvalue weighted by Crippen LogP contribution is 2.34. The van der Waals surface area contributed by atoms with E-state index in [-0.39, 0.29) is 23.9 Å². The molecule has 0 aromatic heterocycles. The van der Waals surface area contributed by atoms with Crippen LogP contribution in [-0.4, -0.2) is 29.9 Å². The fourth-order valence-corrected chi connectivity index (χ4v) is 3.82. The van der Waals surface area contributed by atoms with Crippen molar-refractivity contribution < 1.29 is 9.59 Å². The van der Waals surface area contributed by atoms with Gasteiger partial charge in [0.25, 0.3) is 0 Å². The molecule has 2 aromatic rings. The molecule has 2 atom stereocenters. The molecule has 0 bridgehead atoms. The normalized spacial score (nSPS) is 19.1. The van der Waals surface area contributed by atoms with Crippen LogP contribution in [0.5, 0.6) is 0 Å². The maximum atomic E-state index is 12.7. The largest absolute Gasteiger partial charge is 0.352 e. The lowest BCUT2D eigenvalue weighted by Crippen LogP contribution is -2.50. The Morgan fingerprint density at radius 1 is 1.04 bits per heavy atom. The number of aryl methyl sites for hydroxylation is 1. The van der Waals surface area contributed by atoms with Crippen LogP contribution in [-0.2, 0) is 11.3 Å². The van der Waals surface area contributed by atoms with E-state index in [0.29, 0.717) is 19.6 Å².